The summed E-state index contributed by atoms with van der Waals surface area (Å²) in [7, 11) is 0. The zero-order chi connectivity index (χ0) is 20.6. The van der Waals surface area contributed by atoms with Crippen LogP contribution in [0.25, 0.3) is 16.6 Å². The number of rotatable bonds is 1. The summed E-state index contributed by atoms with van der Waals surface area (Å²) in [4.78, 5) is 19.8. The van der Waals surface area contributed by atoms with E-state index in [0.29, 0.717) is 5.39 Å². The zero-order valence-corrected chi connectivity index (χ0v) is 18.8. The number of nitrogens with zero attached hydrogens (tertiary/aromatic N) is 3. The summed E-state index contributed by atoms with van der Waals surface area (Å²) in [6.07, 6.45) is 0. The molecule has 2 aliphatic heterocycles. The van der Waals surface area contributed by atoms with Crippen molar-refractivity contribution in [1.29, 1.82) is 0 Å². The van der Waals surface area contributed by atoms with Crippen molar-refractivity contribution in [2.45, 2.75) is 38.6 Å². The van der Waals surface area contributed by atoms with E-state index in [-0.39, 0.29) is 16.5 Å². The quantitative estimate of drug-likeness (QED) is 0.606. The van der Waals surface area contributed by atoms with Gasteiger partial charge in [0.05, 0.1) is 22.0 Å². The molecule has 0 aliphatic carbocycles. The number of hydrogen-bond acceptors (Lipinski definition) is 4. The average molecular weight is 453 g/mol. The highest BCUT2D eigenvalue weighted by Gasteiger charge is 2.39. The van der Waals surface area contributed by atoms with Crippen LogP contribution < -0.4 is 15.8 Å². The van der Waals surface area contributed by atoms with Crippen LogP contribution in [-0.2, 0) is 5.41 Å². The maximum atomic E-state index is 12.8. The summed E-state index contributed by atoms with van der Waals surface area (Å²) < 4.78 is 2.96. The summed E-state index contributed by atoms with van der Waals surface area (Å²) in [5.41, 5.74) is 4.01. The molecule has 150 valence electrons. The second-order valence-corrected chi connectivity index (χ2v) is 10.1. The highest BCUT2D eigenvalue weighted by molar-refractivity contribution is 9.10. The SMILES string of the molecule is CC1(C)CN(c2ccc3c(c2)-n2c(nc(=O)c4c(Br)cccc42)C3(C)C)CCN1. The molecule has 0 bridgehead atoms. The molecule has 0 saturated carbocycles. The molecular weight excluding hydrogens is 428 g/mol. The summed E-state index contributed by atoms with van der Waals surface area (Å²) in [5, 5.41) is 4.21. The topological polar surface area (TPSA) is 50.2 Å². The van der Waals surface area contributed by atoms with E-state index >= 15 is 0 Å². The van der Waals surface area contributed by atoms with Gasteiger partial charge in [-0.1, -0.05) is 12.1 Å². The lowest BCUT2D eigenvalue weighted by Crippen LogP contribution is -2.57. The van der Waals surface area contributed by atoms with Gasteiger partial charge < -0.3 is 10.2 Å². The van der Waals surface area contributed by atoms with Gasteiger partial charge in [-0.2, -0.15) is 4.98 Å². The van der Waals surface area contributed by atoms with E-state index in [1.807, 2.05) is 18.2 Å². The molecule has 5 nitrogen and oxygen atoms in total. The maximum absolute atomic E-state index is 12.8. The van der Waals surface area contributed by atoms with Gasteiger partial charge in [0.15, 0.2) is 0 Å². The lowest BCUT2D eigenvalue weighted by molar-refractivity contribution is 0.353. The van der Waals surface area contributed by atoms with Crippen molar-refractivity contribution in [3.8, 4) is 5.69 Å². The van der Waals surface area contributed by atoms with Crippen molar-refractivity contribution < 1.29 is 0 Å². The molecule has 3 heterocycles. The number of hydrogen-bond donors (Lipinski definition) is 1. The van der Waals surface area contributed by atoms with E-state index in [4.69, 9.17) is 0 Å². The highest BCUT2D eigenvalue weighted by Crippen LogP contribution is 2.44. The van der Waals surface area contributed by atoms with Crippen molar-refractivity contribution in [3.63, 3.8) is 0 Å². The summed E-state index contributed by atoms with van der Waals surface area (Å²) in [5.74, 6) is 0.806. The Morgan fingerprint density at radius 1 is 1.14 bits per heavy atom. The first kappa shape index (κ1) is 18.8. The molecule has 1 fully saturated rings. The molecule has 1 saturated heterocycles. The Kier molecular flexibility index (Phi) is 4.00. The van der Waals surface area contributed by atoms with Crippen LogP contribution in [0.3, 0.4) is 0 Å². The maximum Gasteiger partial charge on any atom is 0.281 e. The predicted octanol–water partition coefficient (Wildman–Crippen LogP) is 3.98. The van der Waals surface area contributed by atoms with E-state index in [0.717, 1.165) is 41.1 Å². The van der Waals surface area contributed by atoms with Crippen LogP contribution in [-0.4, -0.2) is 34.7 Å². The summed E-state index contributed by atoms with van der Waals surface area (Å²) >= 11 is 3.55. The molecule has 0 radical (unpaired) electrons. The number of piperazine rings is 1. The number of halogens is 1. The molecule has 0 atom stereocenters. The number of fused-ring (bicyclic) bond motifs is 5. The molecular formula is C23H25BrN4O. The van der Waals surface area contributed by atoms with Gasteiger partial charge >= 0.3 is 0 Å². The smallest absolute Gasteiger partial charge is 0.281 e. The largest absolute Gasteiger partial charge is 0.368 e. The minimum Gasteiger partial charge on any atom is -0.368 e. The van der Waals surface area contributed by atoms with Crippen LogP contribution in [0.2, 0.25) is 0 Å². The first-order valence-corrected chi connectivity index (χ1v) is 10.8. The molecule has 29 heavy (non-hydrogen) atoms. The van der Waals surface area contributed by atoms with E-state index < -0.39 is 0 Å². The molecule has 0 unspecified atom stereocenters. The Balaban J connectivity index is 1.76. The van der Waals surface area contributed by atoms with Gasteiger partial charge in [-0.15, -0.1) is 0 Å². The Morgan fingerprint density at radius 2 is 1.93 bits per heavy atom. The van der Waals surface area contributed by atoms with Gasteiger partial charge in [-0.25, -0.2) is 0 Å². The number of nitrogens with one attached hydrogen (secondary N) is 1. The monoisotopic (exact) mass is 452 g/mol. The molecule has 3 aromatic rings. The van der Waals surface area contributed by atoms with E-state index in [9.17, 15) is 4.79 Å². The zero-order valence-electron chi connectivity index (χ0n) is 17.2. The minimum atomic E-state index is -0.327. The fraction of sp³-hybridized carbons (Fsp3) is 0.391. The average Bonchev–Trinajstić information content (AvgIpc) is 2.88. The van der Waals surface area contributed by atoms with Crippen molar-refractivity contribution in [2.75, 3.05) is 24.5 Å². The Labute approximate surface area is 178 Å². The third-order valence-corrected chi connectivity index (χ3v) is 6.92. The van der Waals surface area contributed by atoms with Gasteiger partial charge in [0.2, 0.25) is 0 Å². The minimum absolute atomic E-state index is 0.0815. The standard InChI is InChI=1S/C23H25BrN4O/c1-22(2)13-27(11-10-25-22)14-8-9-15-18(12-14)28-17-7-5-6-16(24)19(17)20(29)26-21(28)23(15,3)4/h5-9,12,25H,10-11,13H2,1-4H3. The second kappa shape index (κ2) is 6.16. The van der Waals surface area contributed by atoms with Gasteiger partial charge in [-0.05, 0) is 73.5 Å². The fourth-order valence-corrected chi connectivity index (χ4v) is 5.33. The number of anilines is 1. The molecule has 1 N–H and O–H groups in total. The molecule has 5 rings (SSSR count). The van der Waals surface area contributed by atoms with Gasteiger partial charge in [0, 0.05) is 35.3 Å². The molecule has 2 aliphatic rings. The Bertz CT molecular complexity index is 1210. The first-order valence-electron chi connectivity index (χ1n) is 10.1. The van der Waals surface area contributed by atoms with Crippen molar-refractivity contribution >= 4 is 32.5 Å². The van der Waals surface area contributed by atoms with Gasteiger partial charge in [0.25, 0.3) is 5.56 Å². The van der Waals surface area contributed by atoms with Crippen LogP contribution >= 0.6 is 15.9 Å². The third kappa shape index (κ3) is 2.76. The van der Waals surface area contributed by atoms with Gasteiger partial charge in [-0.3, -0.25) is 9.36 Å². The Hall–Kier alpha value is -2.18. The number of aromatic nitrogens is 2. The second-order valence-electron chi connectivity index (χ2n) is 9.27. The first-order chi connectivity index (χ1) is 13.7. The summed E-state index contributed by atoms with van der Waals surface area (Å²) in [6.45, 7) is 11.7. The molecule has 2 aromatic carbocycles. The molecule has 0 amide bonds. The van der Waals surface area contributed by atoms with Gasteiger partial charge in [0.1, 0.15) is 5.82 Å². The van der Waals surface area contributed by atoms with E-state index in [1.165, 1.54) is 11.3 Å². The molecule has 1 aromatic heterocycles. The van der Waals surface area contributed by atoms with E-state index in [1.54, 1.807) is 0 Å². The van der Waals surface area contributed by atoms with Crippen molar-refractivity contribution in [3.05, 3.63) is 62.6 Å². The lowest BCUT2D eigenvalue weighted by atomic mass is 9.85. The van der Waals surface area contributed by atoms with Crippen molar-refractivity contribution in [2.24, 2.45) is 0 Å². The molecule has 0 spiro atoms. The lowest BCUT2D eigenvalue weighted by Gasteiger charge is -2.40. The highest BCUT2D eigenvalue weighted by atomic mass is 79.9. The fourth-order valence-electron chi connectivity index (χ4n) is 4.80. The normalized spacial score (nSPS) is 19.3. The summed E-state index contributed by atoms with van der Waals surface area (Å²) in [6, 6.07) is 12.6. The van der Waals surface area contributed by atoms with Crippen LogP contribution in [0.4, 0.5) is 5.69 Å². The van der Waals surface area contributed by atoms with Crippen LogP contribution in [0.1, 0.15) is 39.1 Å². The van der Waals surface area contributed by atoms with Crippen molar-refractivity contribution in [1.82, 2.24) is 14.9 Å². The molecule has 6 heteroatoms. The number of benzene rings is 2. The Morgan fingerprint density at radius 3 is 2.69 bits per heavy atom. The van der Waals surface area contributed by atoms with Crippen LogP contribution in [0.5, 0.6) is 0 Å². The van der Waals surface area contributed by atoms with E-state index in [2.05, 4.69) is 81.6 Å². The van der Waals surface area contributed by atoms with Crippen LogP contribution in [0.15, 0.2) is 45.7 Å². The third-order valence-electron chi connectivity index (χ3n) is 6.26. The predicted molar refractivity (Wildman–Crippen MR) is 121 cm³/mol. The van der Waals surface area contributed by atoms with Crippen LogP contribution in [0, 0.1) is 0 Å².